The maximum absolute atomic E-state index is 13.0. The zero-order valence-electron chi connectivity index (χ0n) is 18.3. The van der Waals surface area contributed by atoms with Gasteiger partial charge in [-0.3, -0.25) is 9.69 Å². The molecule has 0 saturated heterocycles. The molecule has 7 heteroatoms. The molecule has 0 saturated carbocycles. The minimum atomic E-state index is -0.241. The van der Waals surface area contributed by atoms with E-state index in [0.29, 0.717) is 35.7 Å². The highest BCUT2D eigenvalue weighted by Gasteiger charge is 2.28. The Morgan fingerprint density at radius 2 is 1.59 bits per heavy atom. The Kier molecular flexibility index (Phi) is 5.98. The van der Waals surface area contributed by atoms with E-state index in [0.717, 1.165) is 22.5 Å². The molecule has 1 aliphatic heterocycles. The summed E-state index contributed by atoms with van der Waals surface area (Å²) in [5.74, 6) is 0.874. The fourth-order valence-corrected chi connectivity index (χ4v) is 3.80. The molecular formula is C25H25N3O4. The number of ether oxygens (including phenoxy) is 2. The average Bonchev–Trinajstić information content (AvgIpc) is 3.25. The molecule has 7 nitrogen and oxygen atoms in total. The minimum Gasteiger partial charge on any atom is -0.493 e. The highest BCUT2D eigenvalue weighted by atomic mass is 16.5. The van der Waals surface area contributed by atoms with Gasteiger partial charge < -0.3 is 20.1 Å². The van der Waals surface area contributed by atoms with Gasteiger partial charge >= 0.3 is 6.03 Å². The first-order valence-corrected chi connectivity index (χ1v) is 10.3. The van der Waals surface area contributed by atoms with Crippen LogP contribution in [0.5, 0.6) is 11.5 Å². The lowest BCUT2D eigenvalue weighted by atomic mass is 10.0. The molecule has 0 aliphatic carbocycles. The number of hydrogen-bond acceptors (Lipinski definition) is 4. The van der Waals surface area contributed by atoms with Crippen LogP contribution in [0, 0.1) is 6.92 Å². The summed E-state index contributed by atoms with van der Waals surface area (Å²) in [7, 11) is 3.11. The maximum atomic E-state index is 13.0. The van der Waals surface area contributed by atoms with Crippen molar-refractivity contribution < 1.29 is 19.1 Å². The number of carbonyl (C=O) groups excluding carboxylic acids is 2. The fraction of sp³-hybridized carbons (Fsp3) is 0.200. The number of benzene rings is 3. The van der Waals surface area contributed by atoms with Crippen molar-refractivity contribution >= 4 is 29.0 Å². The number of fused-ring (bicyclic) bond motifs is 1. The molecule has 0 bridgehead atoms. The molecule has 0 unspecified atom stereocenters. The van der Waals surface area contributed by atoms with E-state index < -0.39 is 0 Å². The molecule has 0 spiro atoms. The van der Waals surface area contributed by atoms with E-state index >= 15 is 0 Å². The van der Waals surface area contributed by atoms with Gasteiger partial charge in [0, 0.05) is 35.2 Å². The largest absolute Gasteiger partial charge is 0.493 e. The van der Waals surface area contributed by atoms with Crippen LogP contribution in [0.4, 0.5) is 21.9 Å². The predicted octanol–water partition coefficient (Wildman–Crippen LogP) is 4.86. The van der Waals surface area contributed by atoms with Crippen LogP contribution < -0.4 is 25.0 Å². The first kappa shape index (κ1) is 21.2. The van der Waals surface area contributed by atoms with Gasteiger partial charge in [0.05, 0.1) is 14.2 Å². The molecule has 0 radical (unpaired) electrons. The molecule has 0 fully saturated rings. The summed E-state index contributed by atoms with van der Waals surface area (Å²) in [4.78, 5) is 27.5. The van der Waals surface area contributed by atoms with Crippen LogP contribution in [0.25, 0.3) is 0 Å². The Hall–Kier alpha value is -4.00. The summed E-state index contributed by atoms with van der Waals surface area (Å²) >= 11 is 0. The quantitative estimate of drug-likeness (QED) is 0.605. The van der Waals surface area contributed by atoms with E-state index in [1.165, 1.54) is 0 Å². The van der Waals surface area contributed by atoms with Gasteiger partial charge in [-0.25, -0.2) is 4.79 Å². The molecular weight excluding hydrogens is 406 g/mol. The molecule has 164 valence electrons. The van der Waals surface area contributed by atoms with Crippen molar-refractivity contribution in [3.05, 3.63) is 77.4 Å². The normalized spacial score (nSPS) is 12.2. The lowest BCUT2D eigenvalue weighted by molar-refractivity contribution is 0.102. The van der Waals surface area contributed by atoms with Crippen LogP contribution in [0.2, 0.25) is 0 Å². The number of methoxy groups -OCH3 is 2. The van der Waals surface area contributed by atoms with Crippen LogP contribution >= 0.6 is 0 Å². The van der Waals surface area contributed by atoms with E-state index in [-0.39, 0.29) is 11.9 Å². The molecule has 3 aromatic rings. The Morgan fingerprint density at radius 3 is 2.31 bits per heavy atom. The number of aryl methyl sites for hydroxylation is 1. The van der Waals surface area contributed by atoms with E-state index in [9.17, 15) is 9.59 Å². The van der Waals surface area contributed by atoms with Crippen molar-refractivity contribution in [1.29, 1.82) is 0 Å². The summed E-state index contributed by atoms with van der Waals surface area (Å²) in [6.45, 7) is 2.50. The summed E-state index contributed by atoms with van der Waals surface area (Å²) in [6, 6.07) is 18.1. The van der Waals surface area contributed by atoms with Gasteiger partial charge in [0.25, 0.3) is 5.91 Å². The van der Waals surface area contributed by atoms with Crippen LogP contribution in [-0.2, 0) is 6.42 Å². The van der Waals surface area contributed by atoms with Gasteiger partial charge in [-0.2, -0.15) is 0 Å². The van der Waals surface area contributed by atoms with Crippen molar-refractivity contribution in [2.24, 2.45) is 0 Å². The molecule has 0 atom stereocenters. The summed E-state index contributed by atoms with van der Waals surface area (Å²) in [6.07, 6.45) is 0.603. The maximum Gasteiger partial charge on any atom is 0.326 e. The van der Waals surface area contributed by atoms with Crippen molar-refractivity contribution in [2.45, 2.75) is 13.3 Å². The molecule has 1 heterocycles. The molecule has 4 rings (SSSR count). The van der Waals surface area contributed by atoms with E-state index in [1.807, 2.05) is 37.3 Å². The number of nitrogens with zero attached hydrogens (tertiary/aromatic N) is 1. The average molecular weight is 431 g/mol. The lowest BCUT2D eigenvalue weighted by Crippen LogP contribution is -2.33. The van der Waals surface area contributed by atoms with Crippen molar-refractivity contribution in [3.63, 3.8) is 0 Å². The highest BCUT2D eigenvalue weighted by molar-refractivity contribution is 6.09. The number of urea groups is 1. The number of amides is 3. The summed E-state index contributed by atoms with van der Waals surface area (Å²) in [5, 5.41) is 5.83. The smallest absolute Gasteiger partial charge is 0.326 e. The van der Waals surface area contributed by atoms with Gasteiger partial charge in [0.2, 0.25) is 0 Å². The summed E-state index contributed by atoms with van der Waals surface area (Å²) in [5.41, 5.74) is 4.59. The first-order valence-electron chi connectivity index (χ1n) is 10.3. The van der Waals surface area contributed by atoms with E-state index in [1.54, 1.807) is 49.5 Å². The molecule has 1 aliphatic rings. The number of carbonyl (C=O) groups is 2. The third-order valence-electron chi connectivity index (χ3n) is 5.46. The van der Waals surface area contributed by atoms with E-state index in [4.69, 9.17) is 9.47 Å². The second-order valence-corrected chi connectivity index (χ2v) is 7.52. The second-order valence-electron chi connectivity index (χ2n) is 7.52. The van der Waals surface area contributed by atoms with Gasteiger partial charge in [-0.15, -0.1) is 0 Å². The molecule has 0 aromatic heterocycles. The van der Waals surface area contributed by atoms with Gasteiger partial charge in [-0.1, -0.05) is 23.8 Å². The number of rotatable bonds is 5. The number of nitrogens with one attached hydrogen (secondary N) is 2. The monoisotopic (exact) mass is 431 g/mol. The SMILES string of the molecule is COc1ccc(NC(=O)c2cccc3c2CCN3C(=O)Nc2ccc(C)cc2)cc1OC. The number of anilines is 3. The van der Waals surface area contributed by atoms with Gasteiger partial charge in [0.1, 0.15) is 0 Å². The minimum absolute atomic E-state index is 0.218. The van der Waals surface area contributed by atoms with Crippen molar-refractivity contribution in [1.82, 2.24) is 0 Å². The Bertz CT molecular complexity index is 1160. The Morgan fingerprint density at radius 1 is 0.875 bits per heavy atom. The van der Waals surface area contributed by atoms with Crippen LogP contribution in [-0.4, -0.2) is 32.7 Å². The third-order valence-corrected chi connectivity index (χ3v) is 5.46. The highest BCUT2D eigenvalue weighted by Crippen LogP contribution is 2.33. The molecule has 2 N–H and O–H groups in total. The predicted molar refractivity (Wildman–Crippen MR) is 125 cm³/mol. The van der Waals surface area contributed by atoms with Crippen LogP contribution in [0.1, 0.15) is 21.5 Å². The van der Waals surface area contributed by atoms with Gasteiger partial charge in [-0.05, 0) is 55.3 Å². The molecule has 3 amide bonds. The van der Waals surface area contributed by atoms with Crippen molar-refractivity contribution in [3.8, 4) is 11.5 Å². The topological polar surface area (TPSA) is 79.9 Å². The van der Waals surface area contributed by atoms with Crippen LogP contribution in [0.3, 0.4) is 0 Å². The Labute approximate surface area is 187 Å². The molecule has 32 heavy (non-hydrogen) atoms. The third kappa shape index (κ3) is 4.23. The first-order chi connectivity index (χ1) is 15.5. The zero-order valence-corrected chi connectivity index (χ0v) is 18.3. The number of hydrogen-bond donors (Lipinski definition) is 2. The molecule has 3 aromatic carbocycles. The van der Waals surface area contributed by atoms with Crippen LogP contribution in [0.15, 0.2) is 60.7 Å². The zero-order chi connectivity index (χ0) is 22.7. The van der Waals surface area contributed by atoms with Crippen molar-refractivity contribution in [2.75, 3.05) is 36.3 Å². The summed E-state index contributed by atoms with van der Waals surface area (Å²) < 4.78 is 10.5. The van der Waals surface area contributed by atoms with Gasteiger partial charge in [0.15, 0.2) is 11.5 Å². The van der Waals surface area contributed by atoms with E-state index in [2.05, 4.69) is 10.6 Å². The fourth-order valence-electron chi connectivity index (χ4n) is 3.80. The standard InChI is InChI=1S/C25H25N3O4/c1-16-7-9-17(10-8-16)27-25(30)28-14-13-19-20(5-4-6-21(19)28)24(29)26-18-11-12-22(31-2)23(15-18)32-3/h4-12,15H,13-14H2,1-3H3,(H,26,29)(H,27,30). The lowest BCUT2D eigenvalue weighted by Gasteiger charge is -2.19. The second kappa shape index (κ2) is 9.01. The Balaban J connectivity index is 1.53.